The zero-order chi connectivity index (χ0) is 14.5. The molecule has 7 heteroatoms. The Labute approximate surface area is 118 Å². The molecule has 0 spiro atoms. The van der Waals surface area contributed by atoms with Gasteiger partial charge in [-0.3, -0.25) is 10.1 Å². The van der Waals surface area contributed by atoms with Crippen LogP contribution in [-0.4, -0.2) is 49.2 Å². The van der Waals surface area contributed by atoms with Gasteiger partial charge in [-0.2, -0.15) is 0 Å². The molecule has 2 rings (SSSR count). The van der Waals surface area contributed by atoms with E-state index in [-0.39, 0.29) is 10.6 Å². The third-order valence-electron chi connectivity index (χ3n) is 3.54. The number of nitro groups is 1. The highest BCUT2D eigenvalue weighted by Crippen LogP contribution is 2.29. The largest absolute Gasteiger partial charge is 0.357 e. The Morgan fingerprint density at radius 1 is 1.35 bits per heavy atom. The maximum atomic E-state index is 11.2. The molecule has 1 aliphatic rings. The van der Waals surface area contributed by atoms with E-state index < -0.39 is 0 Å². The predicted octanol–water partition coefficient (Wildman–Crippen LogP) is 1.25. The Balaban J connectivity index is 2.38. The number of anilines is 2. The number of hydrogen-bond acceptors (Lipinski definition) is 6. The van der Waals surface area contributed by atoms with Crippen LogP contribution in [0.5, 0.6) is 0 Å². The molecule has 7 nitrogen and oxygen atoms in total. The number of rotatable bonds is 5. The summed E-state index contributed by atoms with van der Waals surface area (Å²) in [5, 5.41) is 14.4. The summed E-state index contributed by atoms with van der Waals surface area (Å²) >= 11 is 0. The summed E-state index contributed by atoms with van der Waals surface area (Å²) in [7, 11) is 0. The molecule has 0 bridgehead atoms. The summed E-state index contributed by atoms with van der Waals surface area (Å²) < 4.78 is 0. The van der Waals surface area contributed by atoms with Crippen LogP contribution in [0.1, 0.15) is 13.8 Å². The van der Waals surface area contributed by atoms with Crippen molar-refractivity contribution in [2.24, 2.45) is 0 Å². The predicted molar refractivity (Wildman–Crippen MR) is 79.5 cm³/mol. The summed E-state index contributed by atoms with van der Waals surface area (Å²) in [5.41, 5.74) is 0.0859. The van der Waals surface area contributed by atoms with Crippen molar-refractivity contribution in [3.05, 3.63) is 22.2 Å². The maximum absolute atomic E-state index is 11.2. The van der Waals surface area contributed by atoms with Gasteiger partial charge in [0.1, 0.15) is 5.82 Å². The van der Waals surface area contributed by atoms with Crippen LogP contribution in [0.2, 0.25) is 0 Å². The molecule has 1 saturated heterocycles. The first kappa shape index (κ1) is 14.5. The van der Waals surface area contributed by atoms with Crippen LogP contribution in [0.4, 0.5) is 17.3 Å². The molecule has 1 aromatic heterocycles. The van der Waals surface area contributed by atoms with Crippen molar-refractivity contribution in [3.63, 3.8) is 0 Å². The fourth-order valence-electron chi connectivity index (χ4n) is 2.41. The second-order valence-electron chi connectivity index (χ2n) is 4.68. The van der Waals surface area contributed by atoms with E-state index >= 15 is 0 Å². The zero-order valence-electron chi connectivity index (χ0n) is 12.0. The van der Waals surface area contributed by atoms with Crippen LogP contribution >= 0.6 is 0 Å². The van der Waals surface area contributed by atoms with Gasteiger partial charge < -0.3 is 15.1 Å². The smallest absolute Gasteiger partial charge is 0.311 e. The number of aromatic nitrogens is 1. The van der Waals surface area contributed by atoms with Crippen LogP contribution in [0.15, 0.2) is 12.1 Å². The molecule has 1 aromatic rings. The Kier molecular flexibility index (Phi) is 4.73. The zero-order valence-corrected chi connectivity index (χ0v) is 12.0. The van der Waals surface area contributed by atoms with E-state index in [0.717, 1.165) is 45.1 Å². The second-order valence-corrected chi connectivity index (χ2v) is 4.68. The molecule has 0 amide bonds. The molecule has 0 aliphatic carbocycles. The fraction of sp³-hybridized carbons (Fsp3) is 0.615. The van der Waals surface area contributed by atoms with E-state index in [4.69, 9.17) is 0 Å². The van der Waals surface area contributed by atoms with Crippen molar-refractivity contribution in [2.45, 2.75) is 13.8 Å². The van der Waals surface area contributed by atoms with Crippen molar-refractivity contribution in [1.82, 2.24) is 10.3 Å². The lowest BCUT2D eigenvalue weighted by atomic mass is 10.3. The number of pyridine rings is 1. The molecular formula is C13H21N5O2. The lowest BCUT2D eigenvalue weighted by Gasteiger charge is -2.29. The van der Waals surface area contributed by atoms with E-state index in [1.54, 1.807) is 12.1 Å². The van der Waals surface area contributed by atoms with Crippen LogP contribution in [0.3, 0.4) is 0 Å². The molecule has 0 unspecified atom stereocenters. The molecule has 110 valence electrons. The Morgan fingerprint density at radius 2 is 2.00 bits per heavy atom. The van der Waals surface area contributed by atoms with Gasteiger partial charge in [0.25, 0.3) is 0 Å². The normalized spacial score (nSPS) is 15.2. The first-order chi connectivity index (χ1) is 9.67. The molecule has 1 N–H and O–H groups in total. The summed E-state index contributed by atoms with van der Waals surface area (Å²) in [4.78, 5) is 19.5. The first-order valence-electron chi connectivity index (χ1n) is 7.03. The van der Waals surface area contributed by atoms with Gasteiger partial charge in [-0.1, -0.05) is 0 Å². The molecule has 20 heavy (non-hydrogen) atoms. The third kappa shape index (κ3) is 2.98. The molecule has 0 saturated carbocycles. The van der Waals surface area contributed by atoms with Gasteiger partial charge in [-0.25, -0.2) is 4.98 Å². The monoisotopic (exact) mass is 279 g/mol. The summed E-state index contributed by atoms with van der Waals surface area (Å²) in [6.45, 7) is 8.92. The first-order valence-corrected chi connectivity index (χ1v) is 7.03. The van der Waals surface area contributed by atoms with Crippen molar-refractivity contribution < 1.29 is 4.92 Å². The van der Waals surface area contributed by atoms with Crippen molar-refractivity contribution in [1.29, 1.82) is 0 Å². The van der Waals surface area contributed by atoms with Gasteiger partial charge in [0.15, 0.2) is 0 Å². The quantitative estimate of drug-likeness (QED) is 0.646. The highest BCUT2D eigenvalue weighted by Gasteiger charge is 2.23. The number of nitrogens with zero attached hydrogens (tertiary/aromatic N) is 4. The van der Waals surface area contributed by atoms with Crippen LogP contribution in [0, 0.1) is 10.1 Å². The van der Waals surface area contributed by atoms with Gasteiger partial charge >= 0.3 is 5.69 Å². The van der Waals surface area contributed by atoms with Gasteiger partial charge in [0.05, 0.1) is 4.92 Å². The van der Waals surface area contributed by atoms with E-state index in [0.29, 0.717) is 5.82 Å². The number of nitrogens with one attached hydrogen (secondary N) is 1. The van der Waals surface area contributed by atoms with E-state index in [9.17, 15) is 10.1 Å². The van der Waals surface area contributed by atoms with Gasteiger partial charge in [0.2, 0.25) is 5.82 Å². The molecular weight excluding hydrogens is 258 g/mol. The van der Waals surface area contributed by atoms with Crippen molar-refractivity contribution >= 4 is 17.3 Å². The standard InChI is InChI=1S/C13H21N5O2/c1-3-16(4-2)12-6-5-11(18(19)20)13(15-12)17-9-7-14-8-10-17/h5-6,14H,3-4,7-10H2,1-2H3. The van der Waals surface area contributed by atoms with Crippen LogP contribution < -0.4 is 15.1 Å². The minimum Gasteiger partial charge on any atom is -0.357 e. The SMILES string of the molecule is CCN(CC)c1ccc([N+](=O)[O-])c(N2CCNCC2)n1. The van der Waals surface area contributed by atoms with E-state index in [1.807, 2.05) is 4.90 Å². The number of piperazine rings is 1. The summed E-state index contributed by atoms with van der Waals surface area (Å²) in [5.74, 6) is 1.29. The Morgan fingerprint density at radius 3 is 2.55 bits per heavy atom. The second kappa shape index (κ2) is 6.51. The average molecular weight is 279 g/mol. The van der Waals surface area contributed by atoms with Gasteiger partial charge in [0, 0.05) is 45.3 Å². The van der Waals surface area contributed by atoms with Crippen LogP contribution in [-0.2, 0) is 0 Å². The third-order valence-corrected chi connectivity index (χ3v) is 3.54. The van der Waals surface area contributed by atoms with E-state index in [1.165, 1.54) is 0 Å². The van der Waals surface area contributed by atoms with E-state index in [2.05, 4.69) is 29.0 Å². The minimum absolute atomic E-state index is 0.0859. The molecule has 2 heterocycles. The van der Waals surface area contributed by atoms with Crippen LogP contribution in [0.25, 0.3) is 0 Å². The molecule has 1 aliphatic heterocycles. The molecule has 0 radical (unpaired) electrons. The summed E-state index contributed by atoms with van der Waals surface area (Å²) in [6, 6.07) is 3.30. The molecule has 0 atom stereocenters. The highest BCUT2D eigenvalue weighted by atomic mass is 16.6. The maximum Gasteiger partial charge on any atom is 0.311 e. The molecule has 0 aromatic carbocycles. The van der Waals surface area contributed by atoms with Crippen molar-refractivity contribution in [2.75, 3.05) is 49.1 Å². The minimum atomic E-state index is -0.351. The Bertz CT molecular complexity index is 470. The lowest BCUT2D eigenvalue weighted by molar-refractivity contribution is -0.384. The molecule has 1 fully saturated rings. The lowest BCUT2D eigenvalue weighted by Crippen LogP contribution is -2.44. The average Bonchev–Trinajstić information content (AvgIpc) is 2.49. The fourth-order valence-corrected chi connectivity index (χ4v) is 2.41. The highest BCUT2D eigenvalue weighted by molar-refractivity contribution is 5.62. The van der Waals surface area contributed by atoms with Crippen molar-refractivity contribution in [3.8, 4) is 0 Å². The van der Waals surface area contributed by atoms with Gasteiger partial charge in [-0.15, -0.1) is 0 Å². The number of hydrogen-bond donors (Lipinski definition) is 1. The topological polar surface area (TPSA) is 74.5 Å². The summed E-state index contributed by atoms with van der Waals surface area (Å²) in [6.07, 6.45) is 0. The van der Waals surface area contributed by atoms with Gasteiger partial charge in [-0.05, 0) is 19.9 Å². The Hall–Kier alpha value is -1.89.